The van der Waals surface area contributed by atoms with Gasteiger partial charge in [-0.2, -0.15) is 0 Å². The molecule has 1 aliphatic rings. The van der Waals surface area contributed by atoms with E-state index < -0.39 is 0 Å². The van der Waals surface area contributed by atoms with Crippen LogP contribution in [0.15, 0.2) is 71.4 Å². The molecular weight excluding hydrogens is 353 g/mol. The van der Waals surface area contributed by atoms with Crippen molar-refractivity contribution in [3.8, 4) is 11.5 Å². The molecule has 0 unspecified atom stereocenters. The highest BCUT2D eigenvalue weighted by atomic mass is 19.1. The van der Waals surface area contributed by atoms with Gasteiger partial charge in [0.15, 0.2) is 0 Å². The van der Waals surface area contributed by atoms with E-state index in [0.29, 0.717) is 5.89 Å². The molecule has 1 aromatic heterocycles. The van der Waals surface area contributed by atoms with Crippen LogP contribution in [0.1, 0.15) is 11.3 Å². The minimum Gasteiger partial charge on any atom is -0.444 e. The highest BCUT2D eigenvalue weighted by Crippen LogP contribution is 2.20. The molecule has 3 aromatic rings. The quantitative estimate of drug-likeness (QED) is 0.641. The molecule has 4 nitrogen and oxygen atoms in total. The molecule has 0 bridgehead atoms. The van der Waals surface area contributed by atoms with Crippen LogP contribution in [0.4, 0.5) is 4.39 Å². The van der Waals surface area contributed by atoms with E-state index in [4.69, 9.17) is 4.42 Å². The van der Waals surface area contributed by atoms with Crippen molar-refractivity contribution < 1.29 is 8.81 Å². The molecular formula is C23H24FN3O. The summed E-state index contributed by atoms with van der Waals surface area (Å²) in [5.74, 6) is 0.284. The zero-order chi connectivity index (χ0) is 19.2. The number of nitrogens with zero attached hydrogens (tertiary/aromatic N) is 3. The van der Waals surface area contributed by atoms with Gasteiger partial charge in [-0.25, -0.2) is 9.37 Å². The number of piperazine rings is 1. The van der Waals surface area contributed by atoms with Crippen molar-refractivity contribution >= 4 is 6.08 Å². The molecule has 2 aromatic carbocycles. The predicted octanol–water partition coefficient (Wildman–Crippen LogP) is 4.31. The first-order valence-corrected chi connectivity index (χ1v) is 9.63. The van der Waals surface area contributed by atoms with E-state index in [1.807, 2.05) is 6.07 Å². The number of oxazole rings is 1. The highest BCUT2D eigenvalue weighted by molar-refractivity contribution is 5.52. The summed E-state index contributed by atoms with van der Waals surface area (Å²) < 4.78 is 18.6. The molecule has 28 heavy (non-hydrogen) atoms. The second-order valence-electron chi connectivity index (χ2n) is 7.04. The Morgan fingerprint density at radius 2 is 1.64 bits per heavy atom. The third-order valence-corrected chi connectivity index (χ3v) is 4.97. The molecule has 4 rings (SSSR count). The van der Waals surface area contributed by atoms with Gasteiger partial charge in [0, 0.05) is 44.8 Å². The minimum absolute atomic E-state index is 0.257. The van der Waals surface area contributed by atoms with Gasteiger partial charge in [0.2, 0.25) is 5.89 Å². The Kier molecular flexibility index (Phi) is 5.95. The molecule has 0 aliphatic carbocycles. The Labute approximate surface area is 164 Å². The number of aromatic nitrogens is 1. The Bertz CT molecular complexity index is 897. The number of hydrogen-bond donors (Lipinski definition) is 0. The summed E-state index contributed by atoms with van der Waals surface area (Å²) in [5.41, 5.74) is 2.95. The molecule has 1 fully saturated rings. The van der Waals surface area contributed by atoms with Gasteiger partial charge < -0.3 is 4.42 Å². The maximum Gasteiger partial charge on any atom is 0.226 e. The Morgan fingerprint density at radius 1 is 0.929 bits per heavy atom. The lowest BCUT2D eigenvalue weighted by Gasteiger charge is -2.33. The van der Waals surface area contributed by atoms with Crippen LogP contribution in [0.2, 0.25) is 0 Å². The van der Waals surface area contributed by atoms with Crippen LogP contribution in [0.3, 0.4) is 0 Å². The lowest BCUT2D eigenvalue weighted by atomic mass is 10.2. The van der Waals surface area contributed by atoms with E-state index in [-0.39, 0.29) is 5.82 Å². The molecule has 144 valence electrons. The lowest BCUT2D eigenvalue weighted by Crippen LogP contribution is -2.45. The lowest BCUT2D eigenvalue weighted by molar-refractivity contribution is 0.136. The summed E-state index contributed by atoms with van der Waals surface area (Å²) in [4.78, 5) is 9.40. The Morgan fingerprint density at radius 3 is 2.39 bits per heavy atom. The van der Waals surface area contributed by atoms with Gasteiger partial charge in [-0.3, -0.25) is 9.80 Å². The molecule has 0 N–H and O–H groups in total. The van der Waals surface area contributed by atoms with Crippen LogP contribution in [-0.2, 0) is 6.54 Å². The molecule has 5 heteroatoms. The molecule has 0 amide bonds. The van der Waals surface area contributed by atoms with Crippen LogP contribution in [0.25, 0.3) is 17.5 Å². The van der Waals surface area contributed by atoms with Crippen molar-refractivity contribution in [3.05, 3.63) is 84.0 Å². The van der Waals surface area contributed by atoms with Crippen molar-refractivity contribution in [3.63, 3.8) is 0 Å². The zero-order valence-electron chi connectivity index (χ0n) is 15.8. The van der Waals surface area contributed by atoms with Crippen LogP contribution >= 0.6 is 0 Å². The fraction of sp³-hybridized carbons (Fsp3) is 0.261. The largest absolute Gasteiger partial charge is 0.444 e. The number of rotatable bonds is 6. The SMILES string of the molecule is Fc1ccc(-c2nc(CN3CCN(C/C=C/c4ccccc4)CC3)co2)cc1. The van der Waals surface area contributed by atoms with Crippen LogP contribution in [0, 0.1) is 5.82 Å². The Hall–Kier alpha value is -2.76. The normalized spacial score (nSPS) is 16.0. The maximum absolute atomic E-state index is 13.0. The molecule has 0 radical (unpaired) electrons. The van der Waals surface area contributed by atoms with Crippen LogP contribution in [-0.4, -0.2) is 47.5 Å². The van der Waals surface area contributed by atoms with E-state index in [0.717, 1.165) is 50.5 Å². The van der Waals surface area contributed by atoms with Gasteiger partial charge in [-0.15, -0.1) is 0 Å². The van der Waals surface area contributed by atoms with Crippen LogP contribution < -0.4 is 0 Å². The van der Waals surface area contributed by atoms with Gasteiger partial charge in [-0.05, 0) is 29.8 Å². The molecule has 0 atom stereocenters. The monoisotopic (exact) mass is 377 g/mol. The second kappa shape index (κ2) is 8.95. The zero-order valence-corrected chi connectivity index (χ0v) is 15.8. The fourth-order valence-electron chi connectivity index (χ4n) is 3.37. The molecule has 1 aliphatic heterocycles. The van der Waals surface area contributed by atoms with Gasteiger partial charge in [0.1, 0.15) is 12.1 Å². The van der Waals surface area contributed by atoms with E-state index in [1.54, 1.807) is 18.4 Å². The van der Waals surface area contributed by atoms with E-state index in [2.05, 4.69) is 51.2 Å². The van der Waals surface area contributed by atoms with Gasteiger partial charge in [0.25, 0.3) is 0 Å². The first kappa shape index (κ1) is 18.6. The Balaban J connectivity index is 1.24. The number of benzene rings is 2. The van der Waals surface area contributed by atoms with Gasteiger partial charge in [-0.1, -0.05) is 42.5 Å². The summed E-state index contributed by atoms with van der Waals surface area (Å²) in [7, 11) is 0. The van der Waals surface area contributed by atoms with Gasteiger partial charge >= 0.3 is 0 Å². The summed E-state index contributed by atoms with van der Waals surface area (Å²) >= 11 is 0. The summed E-state index contributed by atoms with van der Waals surface area (Å²) in [6.45, 7) is 5.86. The molecule has 0 saturated carbocycles. The second-order valence-corrected chi connectivity index (χ2v) is 7.04. The molecule has 0 spiro atoms. The van der Waals surface area contributed by atoms with Crippen molar-refractivity contribution in [2.75, 3.05) is 32.7 Å². The number of halogens is 1. The van der Waals surface area contributed by atoms with Crippen molar-refractivity contribution in [1.29, 1.82) is 0 Å². The average Bonchev–Trinajstić information content (AvgIpc) is 3.19. The van der Waals surface area contributed by atoms with Crippen molar-refractivity contribution in [2.24, 2.45) is 0 Å². The van der Waals surface area contributed by atoms with Crippen molar-refractivity contribution in [2.45, 2.75) is 6.54 Å². The average molecular weight is 377 g/mol. The standard InChI is InChI=1S/C23H24FN3O/c24-21-10-8-20(9-11-21)23-25-22(18-28-23)17-27-15-13-26(14-16-27)12-4-7-19-5-2-1-3-6-19/h1-11,18H,12-17H2/b7-4+. The minimum atomic E-state index is -0.257. The van der Waals surface area contributed by atoms with Crippen LogP contribution in [0.5, 0.6) is 0 Å². The summed E-state index contributed by atoms with van der Waals surface area (Å²) in [6, 6.07) is 16.6. The third kappa shape index (κ3) is 4.94. The maximum atomic E-state index is 13.0. The number of hydrogen-bond acceptors (Lipinski definition) is 4. The smallest absolute Gasteiger partial charge is 0.226 e. The van der Waals surface area contributed by atoms with E-state index >= 15 is 0 Å². The third-order valence-electron chi connectivity index (χ3n) is 4.97. The first-order valence-electron chi connectivity index (χ1n) is 9.63. The molecule has 2 heterocycles. The fourth-order valence-corrected chi connectivity index (χ4v) is 3.37. The summed E-state index contributed by atoms with van der Waals surface area (Å²) in [6.07, 6.45) is 6.12. The predicted molar refractivity (Wildman–Crippen MR) is 109 cm³/mol. The summed E-state index contributed by atoms with van der Waals surface area (Å²) in [5, 5.41) is 0. The topological polar surface area (TPSA) is 32.5 Å². The highest BCUT2D eigenvalue weighted by Gasteiger charge is 2.17. The van der Waals surface area contributed by atoms with Crippen molar-refractivity contribution in [1.82, 2.24) is 14.8 Å². The molecule has 1 saturated heterocycles. The van der Waals surface area contributed by atoms with E-state index in [9.17, 15) is 4.39 Å². The van der Waals surface area contributed by atoms with E-state index in [1.165, 1.54) is 17.7 Å². The van der Waals surface area contributed by atoms with Gasteiger partial charge in [0.05, 0.1) is 5.69 Å². The first-order chi connectivity index (χ1) is 13.8.